The average Bonchev–Trinajstić information content (AvgIpc) is 3.86. The molecule has 4 heterocycles. The highest BCUT2D eigenvalue weighted by Crippen LogP contribution is 2.64. The Morgan fingerprint density at radius 1 is 0.941 bits per heavy atom. The van der Waals surface area contributed by atoms with Crippen molar-refractivity contribution in [1.82, 2.24) is 29.7 Å². The second kappa shape index (κ2) is 13.9. The summed E-state index contributed by atoms with van der Waals surface area (Å²) in [4.78, 5) is 49.8. The van der Waals surface area contributed by atoms with Gasteiger partial charge in [-0.3, -0.25) is 14.4 Å². The Morgan fingerprint density at radius 3 is 2.27 bits per heavy atom. The van der Waals surface area contributed by atoms with E-state index in [0.29, 0.717) is 31.3 Å². The predicted octanol–water partition coefficient (Wildman–Crippen LogP) is 3.99. The van der Waals surface area contributed by atoms with Crippen LogP contribution in [-0.2, 0) is 38.8 Å². The van der Waals surface area contributed by atoms with E-state index in [-0.39, 0.29) is 44.1 Å². The van der Waals surface area contributed by atoms with E-state index in [1.165, 1.54) is 4.90 Å². The Kier molecular flexibility index (Phi) is 9.34. The predicted molar refractivity (Wildman–Crippen MR) is 192 cm³/mol. The molecule has 3 aliphatic heterocycles. The van der Waals surface area contributed by atoms with E-state index >= 15 is 9.59 Å². The van der Waals surface area contributed by atoms with Crippen LogP contribution in [0.3, 0.4) is 0 Å². The summed E-state index contributed by atoms with van der Waals surface area (Å²) in [6.07, 6.45) is 4.55. The molecule has 3 aromatic carbocycles. The number of carbonyl (C=O) groups is 3. The van der Waals surface area contributed by atoms with Gasteiger partial charge in [-0.2, -0.15) is 0 Å². The minimum Gasteiger partial charge on any atom is -0.394 e. The fourth-order valence-electron chi connectivity index (χ4n) is 8.67. The Labute approximate surface area is 297 Å². The molecule has 1 aromatic heterocycles. The summed E-state index contributed by atoms with van der Waals surface area (Å²) < 4.78 is 8.62. The average molecular weight is 689 g/mol. The molecular weight excluding hydrogens is 644 g/mol. The van der Waals surface area contributed by atoms with Crippen LogP contribution in [0.15, 0.2) is 110 Å². The molecule has 4 aromatic rings. The highest BCUT2D eigenvalue weighted by Gasteiger charge is 2.78. The zero-order valence-electron chi connectivity index (χ0n) is 28.9. The van der Waals surface area contributed by atoms with Gasteiger partial charge in [0, 0.05) is 19.6 Å². The molecule has 51 heavy (non-hydrogen) atoms. The number of benzene rings is 3. The maximum atomic E-state index is 15.2. The molecule has 0 aliphatic carbocycles. The van der Waals surface area contributed by atoms with Gasteiger partial charge in [0.1, 0.15) is 23.8 Å². The molecule has 3 fully saturated rings. The molecule has 11 nitrogen and oxygen atoms in total. The Hall–Kier alpha value is -5.13. The van der Waals surface area contributed by atoms with Gasteiger partial charge in [-0.25, -0.2) is 4.68 Å². The number of rotatable bonds is 14. The molecule has 3 amide bonds. The maximum absolute atomic E-state index is 15.2. The van der Waals surface area contributed by atoms with Crippen molar-refractivity contribution in [1.29, 1.82) is 0 Å². The van der Waals surface area contributed by atoms with Crippen molar-refractivity contribution < 1.29 is 24.2 Å². The minimum absolute atomic E-state index is 0.0525. The molecule has 1 N–H and O–H groups in total. The molecule has 3 saturated heterocycles. The van der Waals surface area contributed by atoms with E-state index in [1.807, 2.05) is 91.9 Å². The van der Waals surface area contributed by atoms with E-state index in [1.54, 1.807) is 26.6 Å². The van der Waals surface area contributed by atoms with Crippen LogP contribution in [0.25, 0.3) is 11.0 Å². The van der Waals surface area contributed by atoms with Gasteiger partial charge in [0.25, 0.3) is 0 Å². The number of ether oxygens (including phenoxy) is 1. The number of fused-ring (bicyclic) bond motifs is 2. The van der Waals surface area contributed by atoms with E-state index < -0.39 is 35.1 Å². The second-order valence-corrected chi connectivity index (χ2v) is 14.1. The first-order chi connectivity index (χ1) is 24.7. The van der Waals surface area contributed by atoms with Crippen LogP contribution >= 0.6 is 0 Å². The molecule has 2 unspecified atom stereocenters. The quantitative estimate of drug-likeness (QED) is 0.199. The van der Waals surface area contributed by atoms with Crippen molar-refractivity contribution in [2.45, 2.75) is 62.7 Å². The summed E-state index contributed by atoms with van der Waals surface area (Å²) >= 11 is 0. The molecule has 3 aliphatic rings. The van der Waals surface area contributed by atoms with Crippen molar-refractivity contribution in [3.8, 4) is 0 Å². The van der Waals surface area contributed by atoms with Gasteiger partial charge in [0.15, 0.2) is 0 Å². The summed E-state index contributed by atoms with van der Waals surface area (Å²) in [5.41, 5.74) is 1.04. The van der Waals surface area contributed by atoms with Gasteiger partial charge >= 0.3 is 0 Å². The number of aromatic nitrogens is 3. The number of carbonyl (C=O) groups excluding carboxylic acids is 3. The lowest BCUT2D eigenvalue weighted by atomic mass is 9.66. The highest BCUT2D eigenvalue weighted by molar-refractivity contribution is 5.99. The third kappa shape index (κ3) is 5.94. The number of para-hydroxylation sites is 1. The van der Waals surface area contributed by atoms with Crippen LogP contribution in [0.1, 0.15) is 30.9 Å². The van der Waals surface area contributed by atoms with Gasteiger partial charge < -0.3 is 24.5 Å². The first kappa shape index (κ1) is 34.3. The number of hydrogen-bond donors (Lipinski definition) is 1. The Balaban J connectivity index is 1.30. The van der Waals surface area contributed by atoms with E-state index in [2.05, 4.69) is 23.5 Å². The molecule has 0 radical (unpaired) electrons. The van der Waals surface area contributed by atoms with E-state index in [9.17, 15) is 9.90 Å². The van der Waals surface area contributed by atoms with Crippen LogP contribution in [0.4, 0.5) is 0 Å². The minimum atomic E-state index is -1.29. The first-order valence-corrected chi connectivity index (χ1v) is 17.5. The normalized spacial score (nSPS) is 25.5. The smallest absolute Gasteiger partial charge is 0.250 e. The van der Waals surface area contributed by atoms with Crippen molar-refractivity contribution in [2.75, 3.05) is 19.7 Å². The third-order valence-corrected chi connectivity index (χ3v) is 10.9. The number of hydrogen-bond acceptors (Lipinski definition) is 7. The largest absolute Gasteiger partial charge is 0.394 e. The summed E-state index contributed by atoms with van der Waals surface area (Å²) in [5.74, 6) is -2.70. The molecule has 1 spiro atoms. The number of aliphatic hydroxyl groups excluding tert-OH is 1. The van der Waals surface area contributed by atoms with Crippen molar-refractivity contribution >= 4 is 28.8 Å². The van der Waals surface area contributed by atoms with Crippen LogP contribution in [0.5, 0.6) is 0 Å². The number of aliphatic hydroxyl groups is 1. The van der Waals surface area contributed by atoms with Gasteiger partial charge in [0.05, 0.1) is 35.6 Å². The molecule has 7 rings (SSSR count). The summed E-state index contributed by atoms with van der Waals surface area (Å²) in [5, 5.41) is 19.5. The standard InChI is InChI=1S/C40H44N6O5/c1-4-22-43(25-29-16-10-7-11-17-29)36(48)33-34-37(49)46(30(26-47)24-28-14-8-6-9-15-28)35(40(34)21-20-39(33,3)51-40)38(50)44(23-5-2)27-45-32-19-13-12-18-31(32)41-42-45/h4-19,30,33-35,47H,1-2,20-27H2,3H3/t30-,33+,34+,35?,39-,40?/m1/s1. The monoisotopic (exact) mass is 688 g/mol. The van der Waals surface area contributed by atoms with Crippen molar-refractivity contribution in [3.63, 3.8) is 0 Å². The Morgan fingerprint density at radius 2 is 1.59 bits per heavy atom. The summed E-state index contributed by atoms with van der Waals surface area (Å²) in [7, 11) is 0. The number of amides is 3. The van der Waals surface area contributed by atoms with Crippen molar-refractivity contribution in [2.24, 2.45) is 11.8 Å². The molecule has 6 atom stereocenters. The lowest BCUT2D eigenvalue weighted by molar-refractivity contribution is -0.157. The third-order valence-electron chi connectivity index (χ3n) is 10.9. The fourth-order valence-corrected chi connectivity index (χ4v) is 8.67. The van der Waals surface area contributed by atoms with Crippen molar-refractivity contribution in [3.05, 3.63) is 121 Å². The zero-order valence-corrected chi connectivity index (χ0v) is 28.9. The molecular formula is C40H44N6O5. The van der Waals surface area contributed by atoms with Crippen LogP contribution in [0.2, 0.25) is 0 Å². The molecule has 264 valence electrons. The van der Waals surface area contributed by atoms with Gasteiger partial charge in [-0.1, -0.05) is 90.2 Å². The highest BCUT2D eigenvalue weighted by atomic mass is 16.5. The van der Waals surface area contributed by atoms with E-state index in [4.69, 9.17) is 4.74 Å². The lowest BCUT2D eigenvalue weighted by Crippen LogP contribution is -2.59. The van der Waals surface area contributed by atoms with Gasteiger partial charge in [-0.05, 0) is 49.4 Å². The first-order valence-electron chi connectivity index (χ1n) is 17.5. The SMILES string of the molecule is C=CCN(Cn1nnc2ccccc21)C(=O)C1N([C@@H](CO)Cc2ccccc2)C(=O)[C@@H]2[C@@H](C(=O)N(CC=C)Cc3ccccc3)[C@@]3(C)CCC12O3. The van der Waals surface area contributed by atoms with E-state index in [0.717, 1.165) is 16.6 Å². The molecule has 11 heteroatoms. The maximum Gasteiger partial charge on any atom is 0.250 e. The molecule has 0 saturated carbocycles. The second-order valence-electron chi connectivity index (χ2n) is 14.1. The molecule has 2 bridgehead atoms. The van der Waals surface area contributed by atoms with Crippen LogP contribution < -0.4 is 0 Å². The van der Waals surface area contributed by atoms with Crippen LogP contribution in [-0.4, -0.2) is 95.5 Å². The van der Waals surface area contributed by atoms with Gasteiger partial charge in [0.2, 0.25) is 17.7 Å². The lowest BCUT2D eigenvalue weighted by Gasteiger charge is -2.39. The number of nitrogens with zero attached hydrogens (tertiary/aromatic N) is 6. The number of likely N-dealkylation sites (tertiary alicyclic amines) is 1. The topological polar surface area (TPSA) is 121 Å². The fraction of sp³-hybridized carbons (Fsp3) is 0.375. The zero-order chi connectivity index (χ0) is 35.8. The Bertz CT molecular complexity index is 1930. The summed E-state index contributed by atoms with van der Waals surface area (Å²) in [6.45, 7) is 10.2. The summed E-state index contributed by atoms with van der Waals surface area (Å²) in [6, 6.07) is 24.9. The van der Waals surface area contributed by atoms with Gasteiger partial charge in [-0.15, -0.1) is 18.3 Å². The van der Waals surface area contributed by atoms with Crippen LogP contribution in [0, 0.1) is 11.8 Å².